The van der Waals surface area contributed by atoms with E-state index in [0.717, 1.165) is 5.92 Å². The second-order valence-electron chi connectivity index (χ2n) is 24.7. The molecule has 0 radical (unpaired) electrons. The van der Waals surface area contributed by atoms with Gasteiger partial charge in [0.25, 0.3) is 0 Å². The molecular weight excluding hydrogens is 883 g/mol. The molecule has 0 amide bonds. The van der Waals surface area contributed by atoms with Crippen LogP contribution in [0.15, 0.2) is 0 Å². The molecule has 2 unspecified atom stereocenters. The Labute approximate surface area is 465 Å². The Kier molecular flexibility index (Phi) is 64.3. The highest BCUT2D eigenvalue weighted by atomic mass is 14.9. The molecule has 0 saturated carbocycles. The molecule has 3 nitrogen and oxygen atoms in total. The van der Waals surface area contributed by atoms with E-state index in [1.807, 2.05) is 0 Å². The molecule has 3 N–H and O–H groups in total. The van der Waals surface area contributed by atoms with Crippen LogP contribution in [-0.2, 0) is 0 Å². The van der Waals surface area contributed by atoms with E-state index in [1.165, 1.54) is 405 Å². The van der Waals surface area contributed by atoms with Crippen molar-refractivity contribution in [1.82, 2.24) is 16.0 Å². The first-order valence-electron chi connectivity index (χ1n) is 35.3. The van der Waals surface area contributed by atoms with E-state index < -0.39 is 0 Å². The SMILES string of the molecule is CCCCCCCCCCCCCCCCNCCC(CCNCCCCCCCCCCCCCC)(CCNCCCCCCCCCCCCCCC)C(CC)CCCCCCCCCCCCCCC. The van der Waals surface area contributed by atoms with Gasteiger partial charge in [-0.15, -0.1) is 0 Å². The first kappa shape index (κ1) is 72.9. The second-order valence-corrected chi connectivity index (χ2v) is 24.7. The first-order valence-corrected chi connectivity index (χ1v) is 35.3. The van der Waals surface area contributed by atoms with Crippen LogP contribution >= 0.6 is 0 Å². The fourth-order valence-corrected chi connectivity index (χ4v) is 12.5. The lowest BCUT2D eigenvalue weighted by molar-refractivity contribution is 0.0981. The molecule has 73 heavy (non-hydrogen) atoms. The van der Waals surface area contributed by atoms with Crippen LogP contribution in [-0.4, -0.2) is 39.3 Å². The van der Waals surface area contributed by atoms with E-state index in [1.54, 1.807) is 0 Å². The third kappa shape index (κ3) is 55.0. The Bertz CT molecular complexity index is 952. The average molecular weight is 1030 g/mol. The van der Waals surface area contributed by atoms with Gasteiger partial charge in [0.05, 0.1) is 0 Å². The molecule has 0 aromatic heterocycles. The van der Waals surface area contributed by atoms with Crippen LogP contribution in [0.2, 0.25) is 0 Å². The molecule has 0 fully saturated rings. The molecule has 0 aromatic rings. The summed E-state index contributed by atoms with van der Waals surface area (Å²) in [6.07, 6.45) is 82.0. The van der Waals surface area contributed by atoms with Crippen LogP contribution in [0.1, 0.15) is 401 Å². The van der Waals surface area contributed by atoms with Crippen LogP contribution in [0.25, 0.3) is 0 Å². The summed E-state index contributed by atoms with van der Waals surface area (Å²) in [5, 5.41) is 12.1. The minimum absolute atomic E-state index is 0.431. The van der Waals surface area contributed by atoms with E-state index in [4.69, 9.17) is 0 Å². The van der Waals surface area contributed by atoms with Crippen LogP contribution in [0, 0.1) is 11.3 Å². The Morgan fingerprint density at radius 1 is 0.205 bits per heavy atom. The molecule has 3 heteroatoms. The molecule has 0 aliphatic rings. The molecule has 0 saturated heterocycles. The normalized spacial score (nSPS) is 13.1. The maximum absolute atomic E-state index is 4.05. The summed E-state index contributed by atoms with van der Waals surface area (Å²) >= 11 is 0. The Balaban J connectivity index is 5.18. The lowest BCUT2D eigenvalue weighted by Crippen LogP contribution is -2.39. The minimum atomic E-state index is 0.431. The molecule has 0 spiro atoms. The van der Waals surface area contributed by atoms with Crippen LogP contribution < -0.4 is 16.0 Å². The zero-order chi connectivity index (χ0) is 52.7. The number of hydrogen-bond acceptors (Lipinski definition) is 3. The van der Waals surface area contributed by atoms with Gasteiger partial charge in [-0.2, -0.15) is 0 Å². The van der Waals surface area contributed by atoms with Crippen molar-refractivity contribution in [2.45, 2.75) is 401 Å². The third-order valence-corrected chi connectivity index (χ3v) is 17.8. The Hall–Kier alpha value is -0.120. The van der Waals surface area contributed by atoms with Crippen molar-refractivity contribution in [2.75, 3.05) is 39.3 Å². The lowest BCUT2D eigenvalue weighted by Gasteiger charge is -2.42. The summed E-state index contributed by atoms with van der Waals surface area (Å²) < 4.78 is 0. The zero-order valence-corrected chi connectivity index (χ0v) is 52.1. The number of nitrogens with one attached hydrogen (secondary N) is 3. The fraction of sp³-hybridized carbons (Fsp3) is 1.00. The van der Waals surface area contributed by atoms with Crippen molar-refractivity contribution in [3.05, 3.63) is 0 Å². The maximum Gasteiger partial charge on any atom is -0.00435 e. The van der Waals surface area contributed by atoms with Crippen molar-refractivity contribution in [3.8, 4) is 0 Å². The molecule has 0 rings (SSSR count). The van der Waals surface area contributed by atoms with Gasteiger partial charge in [0.15, 0.2) is 0 Å². The molecule has 0 aliphatic carbocycles. The standard InChI is InChI=1S/C70H145N3/c1-6-11-15-19-23-27-31-35-38-42-46-50-54-58-65-73-68-62-70(60-66-71-63-56-52-48-44-40-34-30-26-22-18-14-9-4,61-67-72-64-57-53-49-45-41-37-33-29-25-21-17-13-8-3)69(10-5)59-55-51-47-43-39-36-32-28-24-20-16-12-7-2/h69,71-73H,6-68H2,1-5H3. The topological polar surface area (TPSA) is 36.1 Å². The van der Waals surface area contributed by atoms with E-state index in [9.17, 15) is 0 Å². The largest absolute Gasteiger partial charge is 0.317 e. The summed E-state index contributed by atoms with van der Waals surface area (Å²) in [5.41, 5.74) is 0.431. The highest BCUT2D eigenvalue weighted by molar-refractivity contribution is 4.88. The van der Waals surface area contributed by atoms with Gasteiger partial charge in [0.1, 0.15) is 0 Å². The van der Waals surface area contributed by atoms with Crippen LogP contribution in [0.3, 0.4) is 0 Å². The fourth-order valence-electron chi connectivity index (χ4n) is 12.5. The molecule has 0 bridgehead atoms. The van der Waals surface area contributed by atoms with Gasteiger partial charge in [-0.1, -0.05) is 356 Å². The van der Waals surface area contributed by atoms with Crippen molar-refractivity contribution >= 4 is 0 Å². The van der Waals surface area contributed by atoms with Gasteiger partial charge in [-0.3, -0.25) is 0 Å². The summed E-state index contributed by atoms with van der Waals surface area (Å²) in [5.74, 6) is 0.842. The van der Waals surface area contributed by atoms with Crippen LogP contribution in [0.4, 0.5) is 0 Å². The molecule has 440 valence electrons. The average Bonchev–Trinajstić information content (AvgIpc) is 3.40. The van der Waals surface area contributed by atoms with Crippen LogP contribution in [0.5, 0.6) is 0 Å². The van der Waals surface area contributed by atoms with Crippen molar-refractivity contribution in [3.63, 3.8) is 0 Å². The molecular formula is C70H145N3. The number of unbranched alkanes of at least 4 members (excludes halogenated alkanes) is 48. The van der Waals surface area contributed by atoms with Crippen molar-refractivity contribution in [1.29, 1.82) is 0 Å². The predicted molar refractivity (Wildman–Crippen MR) is 336 cm³/mol. The second kappa shape index (κ2) is 64.4. The van der Waals surface area contributed by atoms with Gasteiger partial charge in [-0.05, 0) is 95.5 Å². The van der Waals surface area contributed by atoms with Gasteiger partial charge < -0.3 is 16.0 Å². The molecule has 0 aromatic carbocycles. The van der Waals surface area contributed by atoms with Crippen molar-refractivity contribution in [2.24, 2.45) is 11.3 Å². The number of rotatable bonds is 67. The third-order valence-electron chi connectivity index (χ3n) is 17.8. The molecule has 0 aliphatic heterocycles. The predicted octanol–water partition coefficient (Wildman–Crippen LogP) is 23.7. The minimum Gasteiger partial charge on any atom is -0.317 e. The van der Waals surface area contributed by atoms with E-state index in [-0.39, 0.29) is 0 Å². The van der Waals surface area contributed by atoms with Crippen molar-refractivity contribution < 1.29 is 0 Å². The van der Waals surface area contributed by atoms with Gasteiger partial charge >= 0.3 is 0 Å². The monoisotopic (exact) mass is 1030 g/mol. The van der Waals surface area contributed by atoms with E-state index in [2.05, 4.69) is 50.6 Å². The van der Waals surface area contributed by atoms with E-state index in [0.29, 0.717) is 5.41 Å². The van der Waals surface area contributed by atoms with Gasteiger partial charge in [0.2, 0.25) is 0 Å². The van der Waals surface area contributed by atoms with E-state index >= 15 is 0 Å². The maximum atomic E-state index is 4.05. The van der Waals surface area contributed by atoms with Gasteiger partial charge in [-0.25, -0.2) is 0 Å². The quantitative estimate of drug-likeness (QED) is 0.0532. The molecule has 2 atom stereocenters. The lowest BCUT2D eigenvalue weighted by atomic mass is 9.65. The first-order chi connectivity index (χ1) is 36.2. The summed E-state index contributed by atoms with van der Waals surface area (Å²) in [6, 6.07) is 0. The smallest absolute Gasteiger partial charge is 0.00435 e. The highest BCUT2D eigenvalue weighted by Crippen LogP contribution is 2.43. The zero-order valence-electron chi connectivity index (χ0n) is 52.1. The summed E-state index contributed by atoms with van der Waals surface area (Å²) in [4.78, 5) is 0. The Morgan fingerprint density at radius 3 is 0.575 bits per heavy atom. The highest BCUT2D eigenvalue weighted by Gasteiger charge is 2.36. The summed E-state index contributed by atoms with van der Waals surface area (Å²) in [6.45, 7) is 19.2. The molecule has 0 heterocycles. The Morgan fingerprint density at radius 2 is 0.384 bits per heavy atom. The number of hydrogen-bond donors (Lipinski definition) is 3. The van der Waals surface area contributed by atoms with Gasteiger partial charge in [0, 0.05) is 0 Å². The summed E-state index contributed by atoms with van der Waals surface area (Å²) in [7, 11) is 0.